The molecule has 0 radical (unpaired) electrons. The van der Waals surface area contributed by atoms with Crippen molar-refractivity contribution in [3.63, 3.8) is 0 Å². The molecule has 15 aromatic rings. The summed E-state index contributed by atoms with van der Waals surface area (Å²) in [6.07, 6.45) is 3.76. The summed E-state index contributed by atoms with van der Waals surface area (Å²) >= 11 is 1.81. The smallest absolute Gasteiger partial charge is 0.188 e. The molecule has 6 heterocycles. The second-order valence-electron chi connectivity index (χ2n) is 21.1. The first-order valence-electron chi connectivity index (χ1n) is 27.0. The van der Waals surface area contributed by atoms with Gasteiger partial charge in [-0.1, -0.05) is 115 Å². The van der Waals surface area contributed by atoms with E-state index in [0.29, 0.717) is 11.3 Å². The Kier molecular flexibility index (Phi) is 9.56. The predicted molar refractivity (Wildman–Crippen MR) is 328 cm³/mol. The van der Waals surface area contributed by atoms with Crippen LogP contribution in [0.15, 0.2) is 259 Å². The number of nitriles is 1. The SMILES string of the molecule is [C-]#[N+]c1ccc2c(c1)c1cc(-c3ccc4c(c3)Sc3ccc(-c5ccc6c(c5)c5cc(C#N)ccc5n6-c5ccccc5)cc3C43c4cccnc4-c4ncccc43)ccc1n2-c1ccc(-n2c3ccccc3c3ccccc32)cc1. The molecule has 10 aromatic carbocycles. The molecule has 0 atom stereocenters. The Morgan fingerprint density at radius 2 is 0.864 bits per heavy atom. The molecule has 374 valence electrons. The number of fused-ring (bicyclic) bond motifs is 18. The second kappa shape index (κ2) is 17.1. The number of hydrogen-bond donors (Lipinski definition) is 0. The lowest BCUT2D eigenvalue weighted by Crippen LogP contribution is -2.32. The number of pyridine rings is 2. The third-order valence-electron chi connectivity index (χ3n) is 17.0. The Balaban J connectivity index is 0.806. The van der Waals surface area contributed by atoms with Gasteiger partial charge in [0.15, 0.2) is 5.69 Å². The lowest BCUT2D eigenvalue weighted by molar-refractivity contribution is 0.720. The zero-order valence-electron chi connectivity index (χ0n) is 43.2. The van der Waals surface area contributed by atoms with E-state index in [9.17, 15) is 5.26 Å². The van der Waals surface area contributed by atoms with Crippen LogP contribution >= 0.6 is 11.8 Å². The van der Waals surface area contributed by atoms with E-state index in [1.165, 1.54) is 42.7 Å². The molecule has 81 heavy (non-hydrogen) atoms. The molecule has 1 spiro atoms. The largest absolute Gasteiger partial charge is 0.309 e. The molecule has 2 aliphatic rings. The average molecular weight is 1050 g/mol. The molecule has 0 unspecified atom stereocenters. The third-order valence-corrected chi connectivity index (χ3v) is 18.2. The van der Waals surface area contributed by atoms with Gasteiger partial charge >= 0.3 is 0 Å². The Morgan fingerprint density at radius 1 is 0.383 bits per heavy atom. The summed E-state index contributed by atoms with van der Waals surface area (Å²) in [6, 6.07) is 87.1. The van der Waals surface area contributed by atoms with E-state index < -0.39 is 5.41 Å². The molecule has 0 fully saturated rings. The highest BCUT2D eigenvalue weighted by Gasteiger charge is 2.51. The van der Waals surface area contributed by atoms with Crippen molar-refractivity contribution in [2.24, 2.45) is 0 Å². The summed E-state index contributed by atoms with van der Waals surface area (Å²) in [5.41, 5.74) is 21.2. The van der Waals surface area contributed by atoms with Crippen molar-refractivity contribution >= 4 is 82.9 Å². The van der Waals surface area contributed by atoms with Crippen molar-refractivity contribution in [1.29, 1.82) is 5.26 Å². The minimum Gasteiger partial charge on any atom is -0.309 e. The first kappa shape index (κ1) is 45.3. The number of benzene rings is 10. The van der Waals surface area contributed by atoms with Gasteiger partial charge in [-0.25, -0.2) is 4.85 Å². The van der Waals surface area contributed by atoms with Gasteiger partial charge in [-0.3, -0.25) is 9.97 Å². The maximum Gasteiger partial charge on any atom is 0.188 e. The Hall–Kier alpha value is -10.8. The summed E-state index contributed by atoms with van der Waals surface area (Å²) in [7, 11) is 0. The van der Waals surface area contributed by atoms with Crippen LogP contribution in [0.25, 0.3) is 121 Å². The molecule has 0 N–H and O–H groups in total. The van der Waals surface area contributed by atoms with Crippen LogP contribution in [-0.2, 0) is 5.41 Å². The Bertz CT molecular complexity index is 5200. The van der Waals surface area contributed by atoms with E-state index in [4.69, 9.17) is 16.5 Å². The highest BCUT2D eigenvalue weighted by Crippen LogP contribution is 2.62. The van der Waals surface area contributed by atoms with Gasteiger partial charge in [0.05, 0.1) is 68.1 Å². The van der Waals surface area contributed by atoms with Gasteiger partial charge in [0.2, 0.25) is 0 Å². The molecule has 17 rings (SSSR count). The lowest BCUT2D eigenvalue weighted by Gasteiger charge is -2.39. The first-order chi connectivity index (χ1) is 40.0. The van der Waals surface area contributed by atoms with Crippen LogP contribution in [0.3, 0.4) is 0 Å². The van der Waals surface area contributed by atoms with Gasteiger partial charge in [0.1, 0.15) is 0 Å². The molecule has 1 aliphatic carbocycles. The van der Waals surface area contributed by atoms with Crippen molar-refractivity contribution in [3.05, 3.63) is 288 Å². The molecule has 5 aromatic heterocycles. The molecular weight excluding hydrogens is 1010 g/mol. The zero-order valence-corrected chi connectivity index (χ0v) is 44.0. The molecule has 1 aliphatic heterocycles. The second-order valence-corrected chi connectivity index (χ2v) is 22.2. The van der Waals surface area contributed by atoms with Crippen molar-refractivity contribution in [3.8, 4) is 56.8 Å². The van der Waals surface area contributed by atoms with Gasteiger partial charge in [-0.2, -0.15) is 5.26 Å². The van der Waals surface area contributed by atoms with Crippen molar-refractivity contribution in [2.45, 2.75) is 15.2 Å². The van der Waals surface area contributed by atoms with E-state index in [-0.39, 0.29) is 0 Å². The maximum absolute atomic E-state index is 10.0. The van der Waals surface area contributed by atoms with Crippen LogP contribution in [0.1, 0.15) is 27.8 Å². The number of hydrogen-bond acceptors (Lipinski definition) is 4. The number of para-hydroxylation sites is 3. The van der Waals surface area contributed by atoms with Crippen LogP contribution in [-0.4, -0.2) is 23.7 Å². The van der Waals surface area contributed by atoms with Crippen LogP contribution in [0.4, 0.5) is 5.69 Å². The fourth-order valence-corrected chi connectivity index (χ4v) is 14.8. The highest BCUT2D eigenvalue weighted by molar-refractivity contribution is 7.99. The maximum atomic E-state index is 10.0. The first-order valence-corrected chi connectivity index (χ1v) is 27.8. The minimum absolute atomic E-state index is 0.609. The summed E-state index contributed by atoms with van der Waals surface area (Å²) in [4.78, 5) is 16.3. The zero-order chi connectivity index (χ0) is 53.5. The third kappa shape index (κ3) is 6.39. The fourth-order valence-electron chi connectivity index (χ4n) is 13.6. The molecule has 0 amide bonds. The molecule has 0 bridgehead atoms. The van der Waals surface area contributed by atoms with Gasteiger partial charge in [0, 0.05) is 66.2 Å². The quantitative estimate of drug-likeness (QED) is 0.161. The van der Waals surface area contributed by atoms with E-state index >= 15 is 0 Å². The molecule has 7 nitrogen and oxygen atoms in total. The summed E-state index contributed by atoms with van der Waals surface area (Å²) < 4.78 is 6.97. The van der Waals surface area contributed by atoms with Crippen LogP contribution in [0.2, 0.25) is 0 Å². The van der Waals surface area contributed by atoms with Crippen LogP contribution in [0, 0.1) is 17.9 Å². The van der Waals surface area contributed by atoms with Gasteiger partial charge in [-0.05, 0) is 183 Å². The van der Waals surface area contributed by atoms with Gasteiger partial charge in [-0.15, -0.1) is 0 Å². The lowest BCUT2D eigenvalue weighted by atomic mass is 9.67. The van der Waals surface area contributed by atoms with Crippen LogP contribution < -0.4 is 0 Å². The van der Waals surface area contributed by atoms with Crippen molar-refractivity contribution < 1.29 is 0 Å². The number of rotatable bonds is 5. The van der Waals surface area contributed by atoms with E-state index in [0.717, 1.165) is 105 Å². The highest BCUT2D eigenvalue weighted by atomic mass is 32.2. The Labute approximate surface area is 469 Å². The topological polar surface area (TPSA) is 68.7 Å². The van der Waals surface area contributed by atoms with E-state index in [1.54, 1.807) is 0 Å². The fraction of sp³-hybridized carbons (Fsp3) is 0.0137. The van der Waals surface area contributed by atoms with Gasteiger partial charge in [0.25, 0.3) is 0 Å². The normalized spacial score (nSPS) is 13.0. The Morgan fingerprint density at radius 3 is 1.47 bits per heavy atom. The number of nitrogens with zero attached hydrogens (tertiary/aromatic N) is 7. The monoisotopic (exact) mass is 1050 g/mol. The summed E-state index contributed by atoms with van der Waals surface area (Å²) in [5, 5.41) is 16.8. The molecule has 8 heteroatoms. The standard InChI is InChI=1S/C73H41N7S/c1-75-49-24-33-68-58(42-49)57-39-46(22-32-67(57)80(68)52-27-25-51(26-28-52)79-63-17-7-5-13-53(63)54-14-6-8-18-64(54)79)48-20-29-59-70(41-48)81-69-34-23-47(40-62(69)73(59)60-15-9-35-76-71(60)72-61(73)16-10-36-77-72)45-21-31-66-56(38-45)55-37-44(43-74)19-30-65(55)78(66)50-11-3-2-4-12-50/h2-42H. The molecule has 0 saturated heterocycles. The van der Waals surface area contributed by atoms with Crippen LogP contribution in [0.5, 0.6) is 0 Å². The predicted octanol–water partition coefficient (Wildman–Crippen LogP) is 18.4. The molecular formula is C73H41N7S. The van der Waals surface area contributed by atoms with Crippen molar-refractivity contribution in [2.75, 3.05) is 0 Å². The summed E-state index contributed by atoms with van der Waals surface area (Å²) in [5.74, 6) is 0. The van der Waals surface area contributed by atoms with E-state index in [2.05, 4.69) is 231 Å². The van der Waals surface area contributed by atoms with E-state index in [1.807, 2.05) is 54.5 Å². The molecule has 0 saturated carbocycles. The minimum atomic E-state index is -0.711. The number of aromatic nitrogens is 5. The average Bonchev–Trinajstić information content (AvgIpc) is 3.02. The summed E-state index contributed by atoms with van der Waals surface area (Å²) in [6.45, 7) is 8.03. The van der Waals surface area contributed by atoms with Gasteiger partial charge < -0.3 is 13.7 Å². The van der Waals surface area contributed by atoms with Crippen molar-refractivity contribution in [1.82, 2.24) is 23.7 Å².